The highest BCUT2D eigenvalue weighted by Gasteiger charge is 2.06. The van der Waals surface area contributed by atoms with E-state index in [0.29, 0.717) is 6.04 Å². The smallest absolute Gasteiger partial charge is 0.150 e. The van der Waals surface area contributed by atoms with E-state index in [4.69, 9.17) is 0 Å². The van der Waals surface area contributed by atoms with Crippen LogP contribution in [0, 0.1) is 6.92 Å². The fraction of sp³-hybridized carbons (Fsp3) is 0.438. The van der Waals surface area contributed by atoms with E-state index in [1.807, 2.05) is 31.2 Å². The second kappa shape index (κ2) is 7.00. The summed E-state index contributed by atoms with van der Waals surface area (Å²) in [5, 5.41) is 0. The summed E-state index contributed by atoms with van der Waals surface area (Å²) in [7, 11) is 2.09. The molecule has 0 aliphatic heterocycles. The Labute approximate surface area is 110 Å². The fourth-order valence-corrected chi connectivity index (χ4v) is 2.21. The highest BCUT2D eigenvalue weighted by molar-refractivity contribution is 5.82. The van der Waals surface area contributed by atoms with Crippen LogP contribution in [0.25, 0.3) is 6.08 Å². The fourth-order valence-electron chi connectivity index (χ4n) is 2.21. The van der Waals surface area contributed by atoms with Crippen LogP contribution in [0.15, 0.2) is 24.4 Å². The van der Waals surface area contributed by atoms with E-state index in [0.717, 1.165) is 35.8 Å². The predicted octanol–water partition coefficient (Wildman–Crippen LogP) is 3.90. The molecule has 0 bridgehead atoms. The molecule has 0 unspecified atom stereocenters. The van der Waals surface area contributed by atoms with Gasteiger partial charge in [0.05, 0.1) is 0 Å². The zero-order chi connectivity index (χ0) is 13.5. The van der Waals surface area contributed by atoms with E-state index in [-0.39, 0.29) is 0 Å². The number of nitrogens with zero attached hydrogens (tertiary/aromatic N) is 1. The summed E-state index contributed by atoms with van der Waals surface area (Å²) in [5.74, 6) is 0. The first-order valence-electron chi connectivity index (χ1n) is 6.58. The third-order valence-corrected chi connectivity index (χ3v) is 3.48. The molecule has 0 amide bonds. The summed E-state index contributed by atoms with van der Waals surface area (Å²) in [6.07, 6.45) is 7.30. The first-order chi connectivity index (χ1) is 8.63. The van der Waals surface area contributed by atoms with Crippen molar-refractivity contribution in [2.45, 2.75) is 39.7 Å². The molecule has 0 atom stereocenters. The molecule has 0 fully saturated rings. The van der Waals surface area contributed by atoms with Crippen molar-refractivity contribution in [2.75, 3.05) is 7.05 Å². The third-order valence-electron chi connectivity index (χ3n) is 3.48. The molecule has 1 aromatic carbocycles. The van der Waals surface area contributed by atoms with Gasteiger partial charge in [-0.2, -0.15) is 0 Å². The molecular formula is C16H23NO. The van der Waals surface area contributed by atoms with Crippen molar-refractivity contribution in [3.63, 3.8) is 0 Å². The van der Waals surface area contributed by atoms with Gasteiger partial charge in [0.2, 0.25) is 0 Å². The monoisotopic (exact) mass is 245 g/mol. The summed E-state index contributed by atoms with van der Waals surface area (Å²) >= 11 is 0. The normalized spacial score (nSPS) is 11.2. The van der Waals surface area contributed by atoms with E-state index in [2.05, 4.69) is 32.0 Å². The van der Waals surface area contributed by atoms with Gasteiger partial charge in [0, 0.05) is 18.7 Å². The molecule has 0 N–H and O–H groups in total. The second-order valence-corrected chi connectivity index (χ2v) is 4.65. The average Bonchev–Trinajstić information content (AvgIpc) is 2.38. The summed E-state index contributed by atoms with van der Waals surface area (Å²) in [4.78, 5) is 13.2. The van der Waals surface area contributed by atoms with Gasteiger partial charge in [-0.15, -0.1) is 0 Å². The lowest BCUT2D eigenvalue weighted by atomic mass is 10.0. The number of aldehydes is 1. The Morgan fingerprint density at radius 3 is 2.50 bits per heavy atom. The topological polar surface area (TPSA) is 20.3 Å². The number of carbonyl (C=O) groups excluding carboxylic acids is 1. The third kappa shape index (κ3) is 3.46. The number of aryl methyl sites for hydroxylation is 1. The molecule has 0 radical (unpaired) electrons. The van der Waals surface area contributed by atoms with Crippen molar-refractivity contribution in [3.8, 4) is 0 Å². The Hall–Kier alpha value is -1.57. The van der Waals surface area contributed by atoms with E-state index in [9.17, 15) is 4.79 Å². The largest absolute Gasteiger partial charge is 0.377 e. The Morgan fingerprint density at radius 1 is 1.28 bits per heavy atom. The maximum atomic E-state index is 11.0. The summed E-state index contributed by atoms with van der Waals surface area (Å²) < 4.78 is 0. The molecule has 18 heavy (non-hydrogen) atoms. The summed E-state index contributed by atoms with van der Waals surface area (Å²) in [5.41, 5.74) is 2.91. The molecule has 0 saturated carbocycles. The molecule has 2 heteroatoms. The van der Waals surface area contributed by atoms with Crippen LogP contribution in [0.3, 0.4) is 0 Å². The zero-order valence-electron chi connectivity index (χ0n) is 11.8. The van der Waals surface area contributed by atoms with Crippen LogP contribution < -0.4 is 0 Å². The average molecular weight is 245 g/mol. The van der Waals surface area contributed by atoms with Crippen molar-refractivity contribution >= 4 is 12.4 Å². The van der Waals surface area contributed by atoms with Crippen molar-refractivity contribution in [3.05, 3.63) is 41.1 Å². The molecule has 0 spiro atoms. The second-order valence-electron chi connectivity index (χ2n) is 4.65. The standard InChI is InChI=1S/C16H23NO/c1-5-15(6-2)17(4)11-10-16-13(3)8-7-9-14(16)12-18/h7-12,15H,5-6H2,1-4H3/b11-10-. The molecule has 0 aromatic heterocycles. The molecule has 0 heterocycles. The lowest BCUT2D eigenvalue weighted by Crippen LogP contribution is -2.25. The predicted molar refractivity (Wildman–Crippen MR) is 77.7 cm³/mol. The SMILES string of the molecule is CCC(CC)N(C)/C=C\c1c(C)cccc1C=O. The Morgan fingerprint density at radius 2 is 1.94 bits per heavy atom. The number of hydrogen-bond donors (Lipinski definition) is 0. The van der Waals surface area contributed by atoms with E-state index >= 15 is 0 Å². The van der Waals surface area contributed by atoms with Crippen molar-refractivity contribution in [2.24, 2.45) is 0 Å². The lowest BCUT2D eigenvalue weighted by Gasteiger charge is -2.24. The molecule has 1 aromatic rings. The highest BCUT2D eigenvalue weighted by atomic mass is 16.1. The quantitative estimate of drug-likeness (QED) is 0.708. The van der Waals surface area contributed by atoms with Crippen LogP contribution in [-0.4, -0.2) is 24.3 Å². The van der Waals surface area contributed by atoms with Crippen LogP contribution in [0.1, 0.15) is 48.2 Å². The molecule has 0 saturated heterocycles. The highest BCUT2D eigenvalue weighted by Crippen LogP contribution is 2.16. The number of carbonyl (C=O) groups is 1. The molecular weight excluding hydrogens is 222 g/mol. The summed E-state index contributed by atoms with van der Waals surface area (Å²) in [6.45, 7) is 6.43. The minimum atomic E-state index is 0.560. The Kier molecular flexibility index (Phi) is 5.63. The van der Waals surface area contributed by atoms with Crippen LogP contribution in [-0.2, 0) is 0 Å². The lowest BCUT2D eigenvalue weighted by molar-refractivity contribution is 0.112. The van der Waals surface area contributed by atoms with Gasteiger partial charge < -0.3 is 4.90 Å². The first-order valence-corrected chi connectivity index (χ1v) is 6.58. The van der Waals surface area contributed by atoms with Crippen molar-refractivity contribution < 1.29 is 4.79 Å². The summed E-state index contributed by atoms with van der Waals surface area (Å²) in [6, 6.07) is 6.37. The minimum Gasteiger partial charge on any atom is -0.377 e. The van der Waals surface area contributed by atoms with E-state index in [1.54, 1.807) is 0 Å². The van der Waals surface area contributed by atoms with Crippen LogP contribution in [0.5, 0.6) is 0 Å². The zero-order valence-corrected chi connectivity index (χ0v) is 11.8. The van der Waals surface area contributed by atoms with Crippen LogP contribution in [0.2, 0.25) is 0 Å². The van der Waals surface area contributed by atoms with Gasteiger partial charge in [0.25, 0.3) is 0 Å². The molecule has 2 nitrogen and oxygen atoms in total. The van der Waals surface area contributed by atoms with Gasteiger partial charge in [0.15, 0.2) is 6.29 Å². The van der Waals surface area contributed by atoms with Crippen molar-refractivity contribution in [1.29, 1.82) is 0 Å². The maximum absolute atomic E-state index is 11.0. The molecule has 98 valence electrons. The van der Waals surface area contributed by atoms with Crippen LogP contribution >= 0.6 is 0 Å². The van der Waals surface area contributed by atoms with E-state index in [1.165, 1.54) is 0 Å². The van der Waals surface area contributed by atoms with E-state index < -0.39 is 0 Å². The molecule has 0 aliphatic rings. The van der Waals surface area contributed by atoms with Crippen molar-refractivity contribution in [1.82, 2.24) is 4.90 Å². The molecule has 0 aliphatic carbocycles. The Bertz CT molecular complexity index is 419. The Balaban J connectivity index is 2.93. The van der Waals surface area contributed by atoms with Gasteiger partial charge in [-0.1, -0.05) is 32.0 Å². The number of hydrogen-bond acceptors (Lipinski definition) is 2. The van der Waals surface area contributed by atoms with Crippen LogP contribution in [0.4, 0.5) is 0 Å². The van der Waals surface area contributed by atoms with Gasteiger partial charge in [-0.25, -0.2) is 0 Å². The van der Waals surface area contributed by atoms with Gasteiger partial charge in [0.1, 0.15) is 0 Å². The minimum absolute atomic E-state index is 0.560. The first kappa shape index (κ1) is 14.5. The van der Waals surface area contributed by atoms with Gasteiger partial charge >= 0.3 is 0 Å². The number of rotatable bonds is 6. The van der Waals surface area contributed by atoms with Gasteiger partial charge in [-0.3, -0.25) is 4.79 Å². The molecule has 1 rings (SSSR count). The maximum Gasteiger partial charge on any atom is 0.150 e. The van der Waals surface area contributed by atoms with Gasteiger partial charge in [-0.05, 0) is 43.2 Å². The number of benzene rings is 1.